The van der Waals surface area contributed by atoms with Crippen LogP contribution in [0.25, 0.3) is 0 Å². The first-order valence-electron chi connectivity index (χ1n) is 7.26. The summed E-state index contributed by atoms with van der Waals surface area (Å²) in [7, 11) is 0. The molecule has 0 radical (unpaired) electrons. The zero-order valence-corrected chi connectivity index (χ0v) is 14.3. The van der Waals surface area contributed by atoms with Crippen molar-refractivity contribution in [2.75, 3.05) is 16.8 Å². The molecule has 0 aliphatic rings. The van der Waals surface area contributed by atoms with Gasteiger partial charge in [0, 0.05) is 5.69 Å². The molecule has 0 saturated heterocycles. The third kappa shape index (κ3) is 7.19. The van der Waals surface area contributed by atoms with Gasteiger partial charge in [-0.05, 0) is 25.0 Å². The number of hydrogen-bond donors (Lipinski definition) is 3. The molecule has 0 bridgehead atoms. The molecule has 0 fully saturated rings. The second-order valence-electron chi connectivity index (χ2n) is 5.53. The lowest BCUT2D eigenvalue weighted by Gasteiger charge is -2.17. The molecule has 1 atom stereocenters. The van der Waals surface area contributed by atoms with Crippen LogP contribution in [0.15, 0.2) is 24.3 Å². The molecular formula is C16H22N2O4S. The van der Waals surface area contributed by atoms with E-state index in [0.29, 0.717) is 5.69 Å². The van der Waals surface area contributed by atoms with Crippen molar-refractivity contribution in [3.05, 3.63) is 29.8 Å². The molecule has 2 amide bonds. The summed E-state index contributed by atoms with van der Waals surface area (Å²) in [6, 6.07) is 6.50. The topological polar surface area (TPSA) is 95.5 Å². The van der Waals surface area contributed by atoms with E-state index in [1.165, 1.54) is 0 Å². The van der Waals surface area contributed by atoms with Crippen LogP contribution in [-0.2, 0) is 14.4 Å². The first-order chi connectivity index (χ1) is 10.8. The number of carbonyl (C=O) groups is 3. The second kappa shape index (κ2) is 9.19. The Bertz CT molecular complexity index is 558. The van der Waals surface area contributed by atoms with Crippen LogP contribution in [0.5, 0.6) is 0 Å². The van der Waals surface area contributed by atoms with Crippen LogP contribution >= 0.6 is 11.8 Å². The van der Waals surface area contributed by atoms with Gasteiger partial charge in [-0.15, -0.1) is 11.8 Å². The van der Waals surface area contributed by atoms with Crippen LogP contribution in [0.4, 0.5) is 5.69 Å². The van der Waals surface area contributed by atoms with E-state index in [4.69, 9.17) is 5.11 Å². The van der Waals surface area contributed by atoms with Crippen LogP contribution in [0, 0.1) is 12.8 Å². The number of aryl methyl sites for hydroxylation is 1. The van der Waals surface area contributed by atoms with Crippen molar-refractivity contribution in [2.45, 2.75) is 26.8 Å². The molecule has 3 N–H and O–H groups in total. The zero-order chi connectivity index (χ0) is 17.4. The highest BCUT2D eigenvalue weighted by Gasteiger charge is 2.23. The average Bonchev–Trinajstić information content (AvgIpc) is 2.46. The fourth-order valence-electron chi connectivity index (χ4n) is 1.80. The van der Waals surface area contributed by atoms with Crippen molar-refractivity contribution in [1.29, 1.82) is 0 Å². The molecule has 0 unspecified atom stereocenters. The maximum Gasteiger partial charge on any atom is 0.326 e. The largest absolute Gasteiger partial charge is 0.480 e. The standard InChI is InChI=1S/C16H22N2O4S/c1-10(2)15(16(21)22)18-14(20)9-23-8-13(19)17-12-6-4-11(3)5-7-12/h4-7,10,15H,8-9H2,1-3H3,(H,17,19)(H,18,20)(H,21,22)/t15-/m0/s1. The zero-order valence-electron chi connectivity index (χ0n) is 13.5. The number of thioether (sulfide) groups is 1. The molecular weight excluding hydrogens is 316 g/mol. The number of carboxylic acids is 1. The van der Waals surface area contributed by atoms with Gasteiger partial charge in [0.25, 0.3) is 0 Å². The van der Waals surface area contributed by atoms with Gasteiger partial charge < -0.3 is 15.7 Å². The molecule has 1 aromatic carbocycles. The molecule has 1 rings (SSSR count). The van der Waals surface area contributed by atoms with E-state index in [9.17, 15) is 14.4 Å². The van der Waals surface area contributed by atoms with Crippen LogP contribution in [0.3, 0.4) is 0 Å². The molecule has 1 aromatic rings. The quantitative estimate of drug-likeness (QED) is 0.673. The van der Waals surface area contributed by atoms with E-state index >= 15 is 0 Å². The SMILES string of the molecule is Cc1ccc(NC(=O)CSCC(=O)N[C@H](C(=O)O)C(C)C)cc1. The summed E-state index contributed by atoms with van der Waals surface area (Å²) in [6.07, 6.45) is 0. The number of nitrogens with one attached hydrogen (secondary N) is 2. The van der Waals surface area contributed by atoms with Crippen molar-refractivity contribution in [1.82, 2.24) is 5.32 Å². The second-order valence-corrected chi connectivity index (χ2v) is 6.52. The lowest BCUT2D eigenvalue weighted by molar-refractivity contribution is -0.142. The van der Waals surface area contributed by atoms with E-state index in [0.717, 1.165) is 17.3 Å². The van der Waals surface area contributed by atoms with Gasteiger partial charge in [-0.3, -0.25) is 9.59 Å². The minimum absolute atomic E-state index is 0.0395. The lowest BCUT2D eigenvalue weighted by Crippen LogP contribution is -2.45. The Morgan fingerprint density at radius 2 is 1.65 bits per heavy atom. The van der Waals surface area contributed by atoms with Gasteiger partial charge in [0.15, 0.2) is 0 Å². The number of amides is 2. The predicted octanol–water partition coefficient (Wildman–Crippen LogP) is 1.89. The number of aliphatic carboxylic acids is 1. The van der Waals surface area contributed by atoms with Crippen molar-refractivity contribution in [2.24, 2.45) is 5.92 Å². The highest BCUT2D eigenvalue weighted by molar-refractivity contribution is 8.00. The van der Waals surface area contributed by atoms with Gasteiger partial charge in [0.05, 0.1) is 11.5 Å². The number of rotatable bonds is 8. The summed E-state index contributed by atoms with van der Waals surface area (Å²) < 4.78 is 0. The molecule has 126 valence electrons. The first-order valence-corrected chi connectivity index (χ1v) is 8.41. The van der Waals surface area contributed by atoms with Crippen molar-refractivity contribution in [3.8, 4) is 0 Å². The van der Waals surface area contributed by atoms with Gasteiger partial charge in [-0.2, -0.15) is 0 Å². The number of benzene rings is 1. The molecule has 0 aliphatic heterocycles. The summed E-state index contributed by atoms with van der Waals surface area (Å²) in [4.78, 5) is 34.5. The molecule has 0 aromatic heterocycles. The summed E-state index contributed by atoms with van der Waals surface area (Å²) >= 11 is 1.14. The summed E-state index contributed by atoms with van der Waals surface area (Å²) in [5.41, 5.74) is 1.81. The maximum atomic E-state index is 11.8. The number of carbonyl (C=O) groups excluding carboxylic acids is 2. The third-order valence-corrected chi connectivity index (χ3v) is 3.98. The van der Waals surface area contributed by atoms with E-state index in [1.807, 2.05) is 31.2 Å². The summed E-state index contributed by atoms with van der Waals surface area (Å²) in [5.74, 6) is -1.69. The van der Waals surface area contributed by atoms with Crippen molar-refractivity contribution >= 4 is 35.2 Å². The smallest absolute Gasteiger partial charge is 0.326 e. The van der Waals surface area contributed by atoms with E-state index < -0.39 is 12.0 Å². The fourth-order valence-corrected chi connectivity index (χ4v) is 2.43. The maximum absolute atomic E-state index is 11.8. The minimum atomic E-state index is -1.06. The normalized spacial score (nSPS) is 11.8. The van der Waals surface area contributed by atoms with Crippen LogP contribution in [0.1, 0.15) is 19.4 Å². The van der Waals surface area contributed by atoms with Crippen LogP contribution in [0.2, 0.25) is 0 Å². The Balaban J connectivity index is 2.32. The van der Waals surface area contributed by atoms with Crippen molar-refractivity contribution in [3.63, 3.8) is 0 Å². The van der Waals surface area contributed by atoms with Gasteiger partial charge in [-0.25, -0.2) is 4.79 Å². The fraction of sp³-hybridized carbons (Fsp3) is 0.438. The summed E-state index contributed by atoms with van der Waals surface area (Å²) in [5, 5.41) is 14.2. The van der Waals surface area contributed by atoms with Gasteiger partial charge in [-0.1, -0.05) is 31.5 Å². The van der Waals surface area contributed by atoms with Crippen LogP contribution in [-0.4, -0.2) is 40.4 Å². The van der Waals surface area contributed by atoms with Crippen molar-refractivity contribution < 1.29 is 19.5 Å². The molecule has 6 nitrogen and oxygen atoms in total. The lowest BCUT2D eigenvalue weighted by atomic mass is 10.1. The molecule has 23 heavy (non-hydrogen) atoms. The van der Waals surface area contributed by atoms with E-state index in [1.54, 1.807) is 13.8 Å². The van der Waals surface area contributed by atoms with Gasteiger partial charge >= 0.3 is 5.97 Å². The highest BCUT2D eigenvalue weighted by atomic mass is 32.2. The summed E-state index contributed by atoms with van der Waals surface area (Å²) in [6.45, 7) is 5.41. The molecule has 0 saturated carbocycles. The van der Waals surface area contributed by atoms with Crippen LogP contribution < -0.4 is 10.6 Å². The molecule has 0 heterocycles. The molecule has 0 aliphatic carbocycles. The van der Waals surface area contributed by atoms with Gasteiger partial charge in [0.1, 0.15) is 6.04 Å². The van der Waals surface area contributed by atoms with E-state index in [2.05, 4.69) is 10.6 Å². The minimum Gasteiger partial charge on any atom is -0.480 e. The number of anilines is 1. The van der Waals surface area contributed by atoms with E-state index in [-0.39, 0.29) is 29.2 Å². The Morgan fingerprint density at radius 1 is 1.09 bits per heavy atom. The number of hydrogen-bond acceptors (Lipinski definition) is 4. The Morgan fingerprint density at radius 3 is 2.17 bits per heavy atom. The van der Waals surface area contributed by atoms with Gasteiger partial charge in [0.2, 0.25) is 11.8 Å². The Kier molecular flexibility index (Phi) is 7.61. The Labute approximate surface area is 140 Å². The monoisotopic (exact) mass is 338 g/mol. The Hall–Kier alpha value is -2.02. The highest BCUT2D eigenvalue weighted by Crippen LogP contribution is 2.10. The predicted molar refractivity (Wildman–Crippen MR) is 91.5 cm³/mol. The molecule has 0 spiro atoms. The first kappa shape index (κ1) is 19.0. The third-order valence-electron chi connectivity index (χ3n) is 3.05. The average molecular weight is 338 g/mol. The number of carboxylic acid groups (broad SMARTS) is 1. The molecule has 7 heteroatoms.